The van der Waals surface area contributed by atoms with Gasteiger partial charge in [-0.1, -0.05) is 36.4 Å². The molecule has 1 saturated heterocycles. The first-order valence-corrected chi connectivity index (χ1v) is 10.6. The number of aliphatic carboxylic acids is 1. The summed E-state index contributed by atoms with van der Waals surface area (Å²) in [6.07, 6.45) is 3.91. The van der Waals surface area contributed by atoms with Crippen LogP contribution >= 0.6 is 0 Å². The van der Waals surface area contributed by atoms with Crippen molar-refractivity contribution in [2.24, 2.45) is 0 Å². The number of anilines is 1. The Kier molecular flexibility index (Phi) is 6.32. The van der Waals surface area contributed by atoms with Crippen molar-refractivity contribution in [1.29, 1.82) is 0 Å². The lowest BCUT2D eigenvalue weighted by Crippen LogP contribution is -2.45. The van der Waals surface area contributed by atoms with E-state index in [-0.39, 0.29) is 12.7 Å². The molecule has 0 aliphatic carbocycles. The van der Waals surface area contributed by atoms with Gasteiger partial charge >= 0.3 is 5.97 Å². The van der Waals surface area contributed by atoms with Crippen LogP contribution in [0.1, 0.15) is 36.1 Å². The van der Waals surface area contributed by atoms with E-state index in [1.165, 1.54) is 5.56 Å². The summed E-state index contributed by atoms with van der Waals surface area (Å²) in [6, 6.07) is 12.7. The number of nitrogens with zero attached hydrogens (tertiary/aromatic N) is 2. The Hall–Kier alpha value is -2.48. The summed E-state index contributed by atoms with van der Waals surface area (Å²) in [5.74, 6) is -0.301. The van der Waals surface area contributed by atoms with E-state index in [2.05, 4.69) is 22.3 Å². The first-order chi connectivity index (χ1) is 14.5. The molecule has 3 heterocycles. The Bertz CT molecular complexity index is 876. The van der Waals surface area contributed by atoms with Gasteiger partial charge in [-0.2, -0.15) is 0 Å². The summed E-state index contributed by atoms with van der Waals surface area (Å²) in [7, 11) is 0. The summed E-state index contributed by atoms with van der Waals surface area (Å²) in [5.41, 5.74) is 0.583. The molecule has 0 unspecified atom stereocenters. The molecule has 0 spiro atoms. The standard InChI is InChI=1S/C23H29N3O4/c27-22(28)23(29,18-7-2-1-3-8-18)16-30-20-9-5-13-26(15-20)14-19-11-10-17-6-4-12-24-21(17)25-19/h1-3,7-8,10-11,20,29H,4-6,9,12-16H2,(H,24,25)(H,27,28)/t20-,23+/m1/s1. The normalized spacial score (nSPS) is 21.3. The molecule has 1 fully saturated rings. The molecule has 2 aliphatic rings. The smallest absolute Gasteiger partial charge is 0.342 e. The first kappa shape index (κ1) is 20.8. The van der Waals surface area contributed by atoms with E-state index < -0.39 is 11.6 Å². The fraction of sp³-hybridized carbons (Fsp3) is 0.478. The molecule has 160 valence electrons. The van der Waals surface area contributed by atoms with E-state index in [0.29, 0.717) is 12.1 Å². The third kappa shape index (κ3) is 4.64. The number of aromatic nitrogens is 1. The second-order valence-electron chi connectivity index (χ2n) is 8.18. The molecule has 1 aromatic carbocycles. The number of rotatable bonds is 7. The molecule has 0 radical (unpaired) electrons. The number of hydrogen-bond donors (Lipinski definition) is 3. The number of nitrogens with one attached hydrogen (secondary N) is 1. The molecule has 0 saturated carbocycles. The maximum Gasteiger partial charge on any atom is 0.342 e. The van der Waals surface area contributed by atoms with Crippen molar-refractivity contribution in [3.05, 3.63) is 59.3 Å². The van der Waals surface area contributed by atoms with Gasteiger partial charge in [0.2, 0.25) is 5.60 Å². The number of carboxylic acids is 1. The molecule has 4 rings (SSSR count). The highest BCUT2D eigenvalue weighted by atomic mass is 16.5. The molecule has 2 atom stereocenters. The van der Waals surface area contributed by atoms with Crippen LogP contribution < -0.4 is 5.32 Å². The van der Waals surface area contributed by atoms with Crippen LogP contribution in [0.4, 0.5) is 5.82 Å². The van der Waals surface area contributed by atoms with Crippen LogP contribution in [0.15, 0.2) is 42.5 Å². The monoisotopic (exact) mass is 411 g/mol. The average Bonchev–Trinajstić information content (AvgIpc) is 2.78. The predicted octanol–water partition coefficient (Wildman–Crippen LogP) is 2.39. The van der Waals surface area contributed by atoms with E-state index >= 15 is 0 Å². The Balaban J connectivity index is 1.36. The fourth-order valence-corrected chi connectivity index (χ4v) is 4.20. The van der Waals surface area contributed by atoms with Crippen LogP contribution in [0, 0.1) is 0 Å². The number of carboxylic acid groups (broad SMARTS) is 1. The number of pyridine rings is 1. The number of piperidine rings is 1. The molecular formula is C23H29N3O4. The quantitative estimate of drug-likeness (QED) is 0.644. The van der Waals surface area contributed by atoms with Crippen molar-refractivity contribution < 1.29 is 19.7 Å². The number of hydrogen-bond acceptors (Lipinski definition) is 6. The molecule has 2 aromatic rings. The van der Waals surface area contributed by atoms with Gasteiger partial charge < -0.3 is 20.3 Å². The van der Waals surface area contributed by atoms with E-state index in [9.17, 15) is 15.0 Å². The molecule has 30 heavy (non-hydrogen) atoms. The summed E-state index contributed by atoms with van der Waals surface area (Å²) in [6.45, 7) is 3.07. The van der Waals surface area contributed by atoms with Gasteiger partial charge in [0, 0.05) is 19.6 Å². The SMILES string of the molecule is O=C(O)[C@](O)(CO[C@@H]1CCCN(Cc2ccc3c(n2)NCCC3)C1)c1ccccc1. The molecule has 0 amide bonds. The summed E-state index contributed by atoms with van der Waals surface area (Å²) < 4.78 is 5.92. The van der Waals surface area contributed by atoms with Crippen molar-refractivity contribution in [2.75, 3.05) is 31.6 Å². The number of fused-ring (bicyclic) bond motifs is 1. The maximum absolute atomic E-state index is 11.8. The topological polar surface area (TPSA) is 94.9 Å². The third-order valence-corrected chi connectivity index (χ3v) is 5.93. The van der Waals surface area contributed by atoms with Gasteiger partial charge in [-0.05, 0) is 49.4 Å². The molecule has 1 aromatic heterocycles. The zero-order valence-corrected chi connectivity index (χ0v) is 17.1. The molecular weight excluding hydrogens is 382 g/mol. The van der Waals surface area contributed by atoms with Gasteiger partial charge in [-0.15, -0.1) is 0 Å². The van der Waals surface area contributed by atoms with E-state index in [1.807, 2.05) is 0 Å². The second-order valence-corrected chi connectivity index (χ2v) is 8.18. The number of likely N-dealkylation sites (tertiary alicyclic amines) is 1. The number of benzene rings is 1. The van der Waals surface area contributed by atoms with E-state index in [1.54, 1.807) is 30.3 Å². The minimum absolute atomic E-state index is 0.121. The van der Waals surface area contributed by atoms with Crippen LogP contribution in [0.5, 0.6) is 0 Å². The fourth-order valence-electron chi connectivity index (χ4n) is 4.20. The highest BCUT2D eigenvalue weighted by Gasteiger charge is 2.39. The Morgan fingerprint density at radius 3 is 2.87 bits per heavy atom. The average molecular weight is 412 g/mol. The van der Waals surface area contributed by atoms with Gasteiger partial charge in [-0.25, -0.2) is 9.78 Å². The van der Waals surface area contributed by atoms with Crippen LogP contribution in [0.3, 0.4) is 0 Å². The summed E-state index contributed by atoms with van der Waals surface area (Å²) in [4.78, 5) is 18.8. The number of ether oxygens (including phenoxy) is 1. The van der Waals surface area contributed by atoms with Crippen molar-refractivity contribution in [2.45, 2.75) is 43.9 Å². The van der Waals surface area contributed by atoms with Gasteiger partial charge in [-0.3, -0.25) is 4.90 Å². The lowest BCUT2D eigenvalue weighted by molar-refractivity contribution is -0.171. The zero-order valence-electron chi connectivity index (χ0n) is 17.1. The van der Waals surface area contributed by atoms with Crippen LogP contribution in [0.25, 0.3) is 0 Å². The molecule has 3 N–H and O–H groups in total. The molecule has 0 bridgehead atoms. The number of aliphatic hydroxyl groups is 1. The van der Waals surface area contributed by atoms with Crippen molar-refractivity contribution in [1.82, 2.24) is 9.88 Å². The van der Waals surface area contributed by atoms with Crippen molar-refractivity contribution >= 4 is 11.8 Å². The molecule has 7 nitrogen and oxygen atoms in total. The highest BCUT2D eigenvalue weighted by molar-refractivity contribution is 5.79. The Morgan fingerprint density at radius 1 is 1.23 bits per heavy atom. The third-order valence-electron chi connectivity index (χ3n) is 5.93. The number of aryl methyl sites for hydroxylation is 1. The maximum atomic E-state index is 11.8. The van der Waals surface area contributed by atoms with Crippen molar-refractivity contribution in [3.63, 3.8) is 0 Å². The number of carbonyl (C=O) groups is 1. The highest BCUT2D eigenvalue weighted by Crippen LogP contribution is 2.25. The largest absolute Gasteiger partial charge is 0.479 e. The Labute approximate surface area is 176 Å². The van der Waals surface area contributed by atoms with Crippen LogP contribution in [-0.4, -0.2) is 58.4 Å². The molecule has 7 heteroatoms. The van der Waals surface area contributed by atoms with Gasteiger partial charge in [0.15, 0.2) is 0 Å². The summed E-state index contributed by atoms with van der Waals surface area (Å²) >= 11 is 0. The Morgan fingerprint density at radius 2 is 2.07 bits per heavy atom. The first-order valence-electron chi connectivity index (χ1n) is 10.6. The lowest BCUT2D eigenvalue weighted by Gasteiger charge is -2.34. The van der Waals surface area contributed by atoms with Crippen LogP contribution in [0.2, 0.25) is 0 Å². The van der Waals surface area contributed by atoms with Gasteiger partial charge in [0.05, 0.1) is 18.4 Å². The van der Waals surface area contributed by atoms with Gasteiger partial charge in [0.25, 0.3) is 0 Å². The van der Waals surface area contributed by atoms with Gasteiger partial charge in [0.1, 0.15) is 5.82 Å². The zero-order chi connectivity index (χ0) is 21.0. The lowest BCUT2D eigenvalue weighted by atomic mass is 9.95. The van der Waals surface area contributed by atoms with Crippen molar-refractivity contribution in [3.8, 4) is 0 Å². The van der Waals surface area contributed by atoms with E-state index in [4.69, 9.17) is 9.72 Å². The van der Waals surface area contributed by atoms with E-state index in [0.717, 1.165) is 56.8 Å². The predicted molar refractivity (Wildman–Crippen MR) is 113 cm³/mol. The van der Waals surface area contributed by atoms with Crippen LogP contribution in [-0.2, 0) is 28.1 Å². The summed E-state index contributed by atoms with van der Waals surface area (Å²) in [5, 5.41) is 23.7. The molecule has 2 aliphatic heterocycles. The minimum Gasteiger partial charge on any atom is -0.479 e. The minimum atomic E-state index is -2.05. The second kappa shape index (κ2) is 9.12.